The van der Waals surface area contributed by atoms with E-state index in [0.29, 0.717) is 23.3 Å². The lowest BCUT2D eigenvalue weighted by Gasteiger charge is -2.17. The number of nitrogens with two attached hydrogens (primary N) is 1. The minimum atomic E-state index is -0.358. The molecule has 0 spiro atoms. The smallest absolute Gasteiger partial charge is 0.233 e. The van der Waals surface area contributed by atoms with E-state index in [1.54, 1.807) is 0 Å². The van der Waals surface area contributed by atoms with Gasteiger partial charge < -0.3 is 20.6 Å². The van der Waals surface area contributed by atoms with Gasteiger partial charge in [-0.1, -0.05) is 38.6 Å². The third kappa shape index (κ3) is 3.87. The van der Waals surface area contributed by atoms with E-state index in [1.807, 2.05) is 45.9 Å². The van der Waals surface area contributed by atoms with Gasteiger partial charge in [0, 0.05) is 12.0 Å². The molecule has 0 radical (unpaired) electrons. The summed E-state index contributed by atoms with van der Waals surface area (Å²) in [5.74, 6) is 8.06. The second-order valence-corrected chi connectivity index (χ2v) is 8.40. The summed E-state index contributed by atoms with van der Waals surface area (Å²) in [5, 5.41) is 11.3. The number of ether oxygens (including phenoxy) is 2. The van der Waals surface area contributed by atoms with Crippen LogP contribution in [0.15, 0.2) is 23.4 Å². The van der Waals surface area contributed by atoms with Crippen LogP contribution in [0.2, 0.25) is 0 Å². The van der Waals surface area contributed by atoms with Crippen molar-refractivity contribution in [1.29, 1.82) is 0 Å². The zero-order valence-corrected chi connectivity index (χ0v) is 16.1. The summed E-state index contributed by atoms with van der Waals surface area (Å²) in [5.41, 5.74) is 0.725. The number of nitrogen functional groups attached to an aromatic ring is 1. The lowest BCUT2D eigenvalue weighted by Crippen LogP contribution is -2.31. The van der Waals surface area contributed by atoms with Crippen LogP contribution in [-0.4, -0.2) is 32.8 Å². The van der Waals surface area contributed by atoms with Crippen LogP contribution in [0, 0.1) is 0 Å². The van der Waals surface area contributed by atoms with E-state index in [-0.39, 0.29) is 23.4 Å². The maximum absolute atomic E-state index is 12.4. The molecule has 0 fully saturated rings. The minimum absolute atomic E-state index is 0.104. The number of amides is 1. The minimum Gasteiger partial charge on any atom is -0.454 e. The van der Waals surface area contributed by atoms with Crippen molar-refractivity contribution in [1.82, 2.24) is 20.2 Å². The maximum Gasteiger partial charge on any atom is 0.233 e. The molecule has 3 N–H and O–H groups in total. The fraction of sp³-hybridized carbons (Fsp3) is 0.471. The Morgan fingerprint density at radius 2 is 2.08 bits per heavy atom. The summed E-state index contributed by atoms with van der Waals surface area (Å²) in [7, 11) is 0. The van der Waals surface area contributed by atoms with E-state index in [2.05, 4.69) is 15.5 Å². The average Bonchev–Trinajstić information content (AvgIpc) is 3.18. The monoisotopic (exact) mass is 377 g/mol. The molecule has 0 saturated carbocycles. The Balaban J connectivity index is 1.58. The van der Waals surface area contributed by atoms with Crippen LogP contribution in [0.4, 0.5) is 0 Å². The number of hydrogen-bond donors (Lipinski definition) is 2. The summed E-state index contributed by atoms with van der Waals surface area (Å²) in [6, 6.07) is 5.61. The van der Waals surface area contributed by atoms with Crippen molar-refractivity contribution in [2.75, 3.05) is 12.6 Å². The van der Waals surface area contributed by atoms with Gasteiger partial charge in [0.2, 0.25) is 17.9 Å². The number of thioether (sulfide) groups is 1. The molecule has 1 aliphatic rings. The summed E-state index contributed by atoms with van der Waals surface area (Å²) in [6.45, 7) is 8.48. The van der Waals surface area contributed by atoms with E-state index in [9.17, 15) is 4.79 Å². The van der Waals surface area contributed by atoms with Crippen molar-refractivity contribution in [3.8, 4) is 11.5 Å². The summed E-state index contributed by atoms with van der Waals surface area (Å²) >= 11 is 1.28. The predicted octanol–water partition coefficient (Wildman–Crippen LogP) is 1.82. The molecule has 9 heteroatoms. The van der Waals surface area contributed by atoms with Crippen LogP contribution in [0.3, 0.4) is 0 Å². The van der Waals surface area contributed by atoms with Gasteiger partial charge >= 0.3 is 0 Å². The highest BCUT2D eigenvalue weighted by Crippen LogP contribution is 2.32. The van der Waals surface area contributed by atoms with Gasteiger partial charge in [-0.3, -0.25) is 4.79 Å². The number of hydrogen-bond acceptors (Lipinski definition) is 7. The molecule has 1 aromatic heterocycles. The molecule has 2 heterocycles. The van der Waals surface area contributed by atoms with Crippen molar-refractivity contribution in [2.24, 2.45) is 0 Å². The second kappa shape index (κ2) is 7.06. The molecule has 8 nitrogen and oxygen atoms in total. The Hall–Kier alpha value is -2.42. The van der Waals surface area contributed by atoms with Crippen LogP contribution in [0.1, 0.15) is 39.1 Å². The lowest BCUT2D eigenvalue weighted by molar-refractivity contribution is -0.120. The first-order chi connectivity index (χ1) is 12.3. The molecule has 0 unspecified atom stereocenters. The standard InChI is InChI=1S/C17H23N5O3S/c1-10(26-16-21-20-15(22(16)18)17(2,3)4)14(23)19-8-11-5-6-12-13(7-11)25-9-24-12/h5-7,10H,8-9,18H2,1-4H3,(H,19,23)/t10-/m1/s1. The van der Waals surface area contributed by atoms with Gasteiger partial charge in [0.05, 0.1) is 5.25 Å². The second-order valence-electron chi connectivity index (χ2n) is 7.09. The molecule has 2 aromatic rings. The quantitative estimate of drug-likeness (QED) is 0.605. The van der Waals surface area contributed by atoms with Crippen LogP contribution in [0.5, 0.6) is 11.5 Å². The molecule has 1 aliphatic heterocycles. The number of fused-ring (bicyclic) bond motifs is 1. The van der Waals surface area contributed by atoms with Gasteiger partial charge in [0.15, 0.2) is 17.3 Å². The zero-order chi connectivity index (χ0) is 18.9. The van der Waals surface area contributed by atoms with Gasteiger partial charge in [0.1, 0.15) is 0 Å². The Morgan fingerprint density at radius 1 is 1.35 bits per heavy atom. The first-order valence-electron chi connectivity index (χ1n) is 8.29. The third-order valence-corrected chi connectivity index (χ3v) is 4.95. The van der Waals surface area contributed by atoms with Gasteiger partial charge in [0.25, 0.3) is 0 Å². The van der Waals surface area contributed by atoms with E-state index < -0.39 is 0 Å². The normalized spacial score (nSPS) is 14.3. The number of carbonyl (C=O) groups excluding carboxylic acids is 1. The van der Waals surface area contributed by atoms with Gasteiger partial charge in [-0.05, 0) is 24.6 Å². The Labute approximate surface area is 156 Å². The lowest BCUT2D eigenvalue weighted by atomic mass is 9.96. The van der Waals surface area contributed by atoms with Crippen LogP contribution in [-0.2, 0) is 16.8 Å². The number of aromatic nitrogens is 3. The number of nitrogens with zero attached hydrogens (tertiary/aromatic N) is 3. The van der Waals surface area contributed by atoms with Crippen LogP contribution in [0.25, 0.3) is 0 Å². The van der Waals surface area contributed by atoms with Crippen molar-refractivity contribution in [3.63, 3.8) is 0 Å². The fourth-order valence-corrected chi connectivity index (χ4v) is 3.26. The van der Waals surface area contributed by atoms with Crippen LogP contribution < -0.4 is 20.6 Å². The molecule has 0 aliphatic carbocycles. The molecule has 3 rings (SSSR count). The predicted molar refractivity (Wildman–Crippen MR) is 98.6 cm³/mol. The van der Waals surface area contributed by atoms with Crippen molar-refractivity contribution in [3.05, 3.63) is 29.6 Å². The van der Waals surface area contributed by atoms with E-state index in [1.165, 1.54) is 16.4 Å². The SMILES string of the molecule is C[C@@H](Sc1nnc(C(C)(C)C)n1N)C(=O)NCc1ccc2c(c1)OCO2. The van der Waals surface area contributed by atoms with Gasteiger partial charge in [-0.2, -0.15) is 0 Å². The maximum atomic E-state index is 12.4. The molecule has 0 saturated heterocycles. The fourth-order valence-electron chi connectivity index (χ4n) is 2.46. The van der Waals surface area contributed by atoms with Crippen molar-refractivity contribution >= 4 is 17.7 Å². The third-order valence-electron chi connectivity index (χ3n) is 3.89. The molecular formula is C17H23N5O3S. The number of carbonyl (C=O) groups is 1. The number of rotatable bonds is 5. The highest BCUT2D eigenvalue weighted by atomic mass is 32.2. The largest absolute Gasteiger partial charge is 0.454 e. The van der Waals surface area contributed by atoms with E-state index in [0.717, 1.165) is 11.3 Å². The number of benzene rings is 1. The molecule has 140 valence electrons. The highest BCUT2D eigenvalue weighted by Gasteiger charge is 2.25. The van der Waals surface area contributed by atoms with E-state index >= 15 is 0 Å². The van der Waals surface area contributed by atoms with Crippen LogP contribution >= 0.6 is 11.8 Å². The van der Waals surface area contributed by atoms with Crippen molar-refractivity contribution < 1.29 is 14.3 Å². The summed E-state index contributed by atoms with van der Waals surface area (Å²) in [6.07, 6.45) is 0. The molecule has 1 aromatic carbocycles. The molecule has 1 atom stereocenters. The number of nitrogens with one attached hydrogen (secondary N) is 1. The highest BCUT2D eigenvalue weighted by molar-refractivity contribution is 8.00. The molecule has 1 amide bonds. The van der Waals surface area contributed by atoms with Crippen molar-refractivity contribution in [2.45, 2.75) is 50.1 Å². The zero-order valence-electron chi connectivity index (χ0n) is 15.3. The summed E-state index contributed by atoms with van der Waals surface area (Å²) in [4.78, 5) is 12.4. The van der Waals surface area contributed by atoms with Gasteiger partial charge in [-0.25, -0.2) is 4.68 Å². The molecule has 0 bridgehead atoms. The summed E-state index contributed by atoms with van der Waals surface area (Å²) < 4.78 is 12.1. The first-order valence-corrected chi connectivity index (χ1v) is 9.17. The Morgan fingerprint density at radius 3 is 2.77 bits per heavy atom. The first kappa shape index (κ1) is 18.4. The molecular weight excluding hydrogens is 354 g/mol. The van der Waals surface area contributed by atoms with Gasteiger partial charge in [-0.15, -0.1) is 10.2 Å². The molecule has 26 heavy (non-hydrogen) atoms. The Kier molecular flexibility index (Phi) is 4.99. The van der Waals surface area contributed by atoms with E-state index in [4.69, 9.17) is 15.3 Å². The topological polar surface area (TPSA) is 104 Å². The average molecular weight is 377 g/mol. The Bertz CT molecular complexity index is 815.